The molecule has 92 valence electrons. The van der Waals surface area contributed by atoms with E-state index >= 15 is 0 Å². The Labute approximate surface area is 95.0 Å². The lowest BCUT2D eigenvalue weighted by atomic mass is 10.2. The van der Waals surface area contributed by atoms with Crippen molar-refractivity contribution in [1.29, 1.82) is 0 Å². The van der Waals surface area contributed by atoms with E-state index in [9.17, 15) is 13.2 Å². The first-order valence-corrected chi connectivity index (χ1v) is 7.06. The number of carbonyl (C=O) groups is 1. The third-order valence-corrected chi connectivity index (χ3v) is 4.62. The van der Waals surface area contributed by atoms with Crippen LogP contribution in [-0.4, -0.2) is 56.7 Å². The fraction of sp³-hybridized carbons (Fsp3) is 0.889. The Bertz CT molecular complexity index is 362. The number of rotatable bonds is 3. The van der Waals surface area contributed by atoms with Crippen molar-refractivity contribution in [2.75, 3.05) is 32.0 Å². The van der Waals surface area contributed by atoms with E-state index in [1.807, 2.05) is 0 Å². The molecular weight excluding hydrogens is 232 g/mol. The van der Waals surface area contributed by atoms with Gasteiger partial charge >= 0.3 is 0 Å². The van der Waals surface area contributed by atoms with Crippen LogP contribution < -0.4 is 5.32 Å². The lowest BCUT2D eigenvalue weighted by Gasteiger charge is -2.25. The summed E-state index contributed by atoms with van der Waals surface area (Å²) in [5, 5.41) is 3.16. The minimum absolute atomic E-state index is 0.0114. The number of ether oxygens (including phenoxy) is 1. The lowest BCUT2D eigenvalue weighted by Crippen LogP contribution is -2.41. The van der Waals surface area contributed by atoms with Crippen LogP contribution in [-0.2, 0) is 19.6 Å². The second kappa shape index (κ2) is 4.68. The van der Waals surface area contributed by atoms with Gasteiger partial charge in [0, 0.05) is 26.1 Å². The molecule has 1 unspecified atom stereocenters. The SMILES string of the molecule is O=C1CCS(=O)(=O)N1CCC1CNCCO1. The number of carbonyl (C=O) groups excluding carboxylic acids is 1. The highest BCUT2D eigenvalue weighted by molar-refractivity contribution is 7.90. The number of hydrogen-bond donors (Lipinski definition) is 1. The van der Waals surface area contributed by atoms with E-state index in [-0.39, 0.29) is 30.7 Å². The van der Waals surface area contributed by atoms with Gasteiger partial charge in [0.05, 0.1) is 18.5 Å². The van der Waals surface area contributed by atoms with Crippen molar-refractivity contribution in [3.8, 4) is 0 Å². The van der Waals surface area contributed by atoms with Crippen LogP contribution in [0.3, 0.4) is 0 Å². The van der Waals surface area contributed by atoms with Crippen molar-refractivity contribution in [2.45, 2.75) is 18.9 Å². The predicted octanol–water partition coefficient (Wildman–Crippen LogP) is -1.07. The number of nitrogens with one attached hydrogen (secondary N) is 1. The Kier molecular flexibility index (Phi) is 3.46. The van der Waals surface area contributed by atoms with Crippen LogP contribution in [0.2, 0.25) is 0 Å². The van der Waals surface area contributed by atoms with Crippen LogP contribution in [0, 0.1) is 0 Å². The molecule has 0 aromatic carbocycles. The normalized spacial score (nSPS) is 29.6. The molecule has 6 nitrogen and oxygen atoms in total. The Morgan fingerprint density at radius 2 is 2.31 bits per heavy atom. The number of sulfonamides is 1. The fourth-order valence-corrected chi connectivity index (χ4v) is 3.37. The van der Waals surface area contributed by atoms with Crippen molar-refractivity contribution < 1.29 is 17.9 Å². The highest BCUT2D eigenvalue weighted by Crippen LogP contribution is 2.16. The highest BCUT2D eigenvalue weighted by Gasteiger charge is 2.34. The first-order chi connectivity index (χ1) is 7.59. The maximum Gasteiger partial charge on any atom is 0.237 e. The fourth-order valence-electron chi connectivity index (χ4n) is 1.94. The summed E-state index contributed by atoms with van der Waals surface area (Å²) in [4.78, 5) is 11.4. The van der Waals surface area contributed by atoms with Gasteiger partial charge in [0.15, 0.2) is 0 Å². The number of morpholine rings is 1. The maximum atomic E-state index is 11.5. The summed E-state index contributed by atoms with van der Waals surface area (Å²) in [6, 6.07) is 0. The average Bonchev–Trinajstić information content (AvgIpc) is 2.52. The Morgan fingerprint density at radius 1 is 1.50 bits per heavy atom. The smallest absolute Gasteiger partial charge is 0.237 e. The molecule has 2 aliphatic heterocycles. The number of amides is 1. The van der Waals surface area contributed by atoms with Crippen molar-refractivity contribution >= 4 is 15.9 Å². The second-order valence-electron chi connectivity index (χ2n) is 4.02. The van der Waals surface area contributed by atoms with Crippen molar-refractivity contribution in [3.05, 3.63) is 0 Å². The minimum atomic E-state index is -3.33. The first kappa shape index (κ1) is 11.8. The van der Waals surface area contributed by atoms with Crippen LogP contribution in [0.15, 0.2) is 0 Å². The van der Waals surface area contributed by atoms with E-state index in [1.54, 1.807) is 0 Å². The molecule has 0 saturated carbocycles. The molecular formula is C9H16N2O4S. The molecule has 16 heavy (non-hydrogen) atoms. The summed E-state index contributed by atoms with van der Waals surface area (Å²) in [6.07, 6.45) is 0.696. The molecule has 2 saturated heterocycles. The molecule has 2 fully saturated rings. The lowest BCUT2D eigenvalue weighted by molar-refractivity contribution is -0.125. The van der Waals surface area contributed by atoms with E-state index in [2.05, 4.69) is 5.32 Å². The van der Waals surface area contributed by atoms with Gasteiger partial charge in [0.2, 0.25) is 15.9 Å². The Morgan fingerprint density at radius 3 is 2.88 bits per heavy atom. The summed E-state index contributed by atoms with van der Waals surface area (Å²) >= 11 is 0. The summed E-state index contributed by atoms with van der Waals surface area (Å²) in [6.45, 7) is 2.44. The second-order valence-corrected chi connectivity index (χ2v) is 6.03. The van der Waals surface area contributed by atoms with Crippen molar-refractivity contribution in [1.82, 2.24) is 9.62 Å². The van der Waals surface area contributed by atoms with Crippen LogP contribution in [0.25, 0.3) is 0 Å². The average molecular weight is 248 g/mol. The molecule has 2 rings (SSSR count). The van der Waals surface area contributed by atoms with Crippen molar-refractivity contribution in [3.63, 3.8) is 0 Å². The van der Waals surface area contributed by atoms with E-state index in [0.717, 1.165) is 17.4 Å². The minimum Gasteiger partial charge on any atom is -0.376 e. The Hall–Kier alpha value is -0.660. The van der Waals surface area contributed by atoms with Crippen LogP contribution in [0.4, 0.5) is 0 Å². The van der Waals surface area contributed by atoms with Gasteiger partial charge in [0.1, 0.15) is 0 Å². The van der Waals surface area contributed by atoms with E-state index in [4.69, 9.17) is 4.74 Å². The molecule has 1 atom stereocenters. The third kappa shape index (κ3) is 2.53. The standard InChI is InChI=1S/C9H16N2O4S/c12-9-2-6-16(13,14)11(9)4-1-8-7-10-3-5-15-8/h8,10H,1-7H2. The molecule has 2 aliphatic rings. The molecule has 1 N–H and O–H groups in total. The third-order valence-electron chi connectivity index (χ3n) is 2.85. The van der Waals surface area contributed by atoms with E-state index in [1.165, 1.54) is 0 Å². The summed E-state index contributed by atoms with van der Waals surface area (Å²) in [7, 11) is -3.33. The molecule has 0 aromatic rings. The van der Waals surface area contributed by atoms with Gasteiger partial charge in [-0.05, 0) is 6.42 Å². The maximum absolute atomic E-state index is 11.5. The summed E-state index contributed by atoms with van der Waals surface area (Å²) < 4.78 is 29.4. The molecule has 2 heterocycles. The van der Waals surface area contributed by atoms with Gasteiger partial charge in [-0.3, -0.25) is 4.79 Å². The molecule has 0 bridgehead atoms. The van der Waals surface area contributed by atoms with E-state index < -0.39 is 10.0 Å². The van der Waals surface area contributed by atoms with E-state index in [0.29, 0.717) is 13.0 Å². The largest absolute Gasteiger partial charge is 0.376 e. The first-order valence-electron chi connectivity index (χ1n) is 5.45. The molecule has 0 aromatic heterocycles. The van der Waals surface area contributed by atoms with Gasteiger partial charge in [-0.1, -0.05) is 0 Å². The van der Waals surface area contributed by atoms with Gasteiger partial charge in [-0.2, -0.15) is 0 Å². The zero-order valence-corrected chi connectivity index (χ0v) is 9.83. The summed E-state index contributed by atoms with van der Waals surface area (Å²) in [5.74, 6) is -0.334. The van der Waals surface area contributed by atoms with Gasteiger partial charge in [0.25, 0.3) is 0 Å². The topological polar surface area (TPSA) is 75.7 Å². The van der Waals surface area contributed by atoms with Crippen LogP contribution in [0.5, 0.6) is 0 Å². The molecule has 0 aliphatic carbocycles. The predicted molar refractivity (Wildman–Crippen MR) is 57.3 cm³/mol. The number of hydrogen-bond acceptors (Lipinski definition) is 5. The highest BCUT2D eigenvalue weighted by atomic mass is 32.2. The molecule has 7 heteroatoms. The zero-order chi connectivity index (χ0) is 11.6. The van der Waals surface area contributed by atoms with Gasteiger partial charge in [-0.15, -0.1) is 0 Å². The molecule has 0 radical (unpaired) electrons. The monoisotopic (exact) mass is 248 g/mol. The number of nitrogens with zero attached hydrogens (tertiary/aromatic N) is 1. The molecule has 0 spiro atoms. The van der Waals surface area contributed by atoms with Crippen LogP contribution in [0.1, 0.15) is 12.8 Å². The molecule has 1 amide bonds. The zero-order valence-electron chi connectivity index (χ0n) is 9.02. The summed E-state index contributed by atoms with van der Waals surface area (Å²) in [5.41, 5.74) is 0. The quantitative estimate of drug-likeness (QED) is 0.688. The van der Waals surface area contributed by atoms with Crippen LogP contribution >= 0.6 is 0 Å². The van der Waals surface area contributed by atoms with Gasteiger partial charge < -0.3 is 10.1 Å². The Balaban J connectivity index is 1.87. The van der Waals surface area contributed by atoms with Crippen molar-refractivity contribution in [2.24, 2.45) is 0 Å². The van der Waals surface area contributed by atoms with Gasteiger partial charge in [-0.25, -0.2) is 12.7 Å².